The fourth-order valence-corrected chi connectivity index (χ4v) is 2.56. The van der Waals surface area contributed by atoms with Gasteiger partial charge in [0.25, 0.3) is 0 Å². The molecular weight excluding hydrogens is 206 g/mol. The first-order valence-corrected chi connectivity index (χ1v) is 6.90. The Morgan fingerprint density at radius 1 is 1.67 bits per heavy atom. The Labute approximate surface area is 95.7 Å². The fraction of sp³-hybridized carbons (Fsp3) is 0.667. The van der Waals surface area contributed by atoms with Crippen LogP contribution in [0.15, 0.2) is 12.3 Å². The highest BCUT2D eigenvalue weighted by molar-refractivity contribution is 7.99. The summed E-state index contributed by atoms with van der Waals surface area (Å²) in [5.74, 6) is 0. The average Bonchev–Trinajstić information content (AvgIpc) is 2.63. The van der Waals surface area contributed by atoms with Crippen molar-refractivity contribution in [3.63, 3.8) is 0 Å². The van der Waals surface area contributed by atoms with E-state index in [0.29, 0.717) is 5.25 Å². The van der Waals surface area contributed by atoms with Gasteiger partial charge in [-0.1, -0.05) is 6.92 Å². The summed E-state index contributed by atoms with van der Waals surface area (Å²) in [5.41, 5.74) is 2.52. The average molecular weight is 225 g/mol. The molecule has 0 saturated carbocycles. The van der Waals surface area contributed by atoms with E-state index < -0.39 is 0 Å². The molecule has 0 aromatic carbocycles. The van der Waals surface area contributed by atoms with Crippen molar-refractivity contribution in [2.45, 2.75) is 44.1 Å². The lowest BCUT2D eigenvalue weighted by atomic mass is 9.95. The summed E-state index contributed by atoms with van der Waals surface area (Å²) in [7, 11) is 0. The van der Waals surface area contributed by atoms with Crippen LogP contribution < -0.4 is 0 Å². The zero-order valence-corrected chi connectivity index (χ0v) is 10.3. The van der Waals surface area contributed by atoms with Crippen molar-refractivity contribution in [2.75, 3.05) is 6.26 Å². The number of hydrogen-bond donors (Lipinski definition) is 1. The topological polar surface area (TPSA) is 25.2 Å². The molecule has 0 spiro atoms. The normalized spacial score (nSPS) is 22.5. The number of aromatic nitrogens is 1. The van der Waals surface area contributed by atoms with Gasteiger partial charge in [0.1, 0.15) is 0 Å². The van der Waals surface area contributed by atoms with Crippen LogP contribution in [0.25, 0.3) is 0 Å². The van der Waals surface area contributed by atoms with Gasteiger partial charge in [0.2, 0.25) is 0 Å². The summed E-state index contributed by atoms with van der Waals surface area (Å²) >= 11 is 1.89. The Hall–Kier alpha value is -0.410. The van der Waals surface area contributed by atoms with Crippen LogP contribution >= 0.6 is 11.8 Å². The summed E-state index contributed by atoms with van der Waals surface area (Å²) in [6, 6.07) is 2.09. The zero-order valence-electron chi connectivity index (χ0n) is 9.44. The third kappa shape index (κ3) is 2.23. The molecular formula is C12H19NOS. The van der Waals surface area contributed by atoms with Crippen LogP contribution in [0.2, 0.25) is 0 Å². The molecule has 0 radical (unpaired) electrons. The van der Waals surface area contributed by atoms with Crippen molar-refractivity contribution >= 4 is 11.8 Å². The van der Waals surface area contributed by atoms with E-state index in [4.69, 9.17) is 0 Å². The molecule has 0 fully saturated rings. The van der Waals surface area contributed by atoms with Crippen LogP contribution in [0.3, 0.4) is 0 Å². The van der Waals surface area contributed by atoms with E-state index in [0.717, 1.165) is 31.4 Å². The summed E-state index contributed by atoms with van der Waals surface area (Å²) in [5, 5.41) is 10.5. The van der Waals surface area contributed by atoms with Crippen molar-refractivity contribution in [1.82, 2.24) is 4.57 Å². The molecule has 1 N–H and O–H groups in total. The second kappa shape index (κ2) is 4.62. The van der Waals surface area contributed by atoms with Crippen LogP contribution in [-0.4, -0.2) is 21.2 Å². The highest BCUT2D eigenvalue weighted by Gasteiger charge is 2.21. The molecule has 0 saturated heterocycles. The maximum absolute atomic E-state index is 9.85. The molecule has 2 rings (SSSR count). The number of aliphatic hydroxyl groups excluding tert-OH is 1. The van der Waals surface area contributed by atoms with Gasteiger partial charge in [0.05, 0.1) is 6.10 Å². The lowest BCUT2D eigenvalue weighted by Gasteiger charge is -2.21. The Bertz CT molecular complexity index is 334. The molecule has 2 unspecified atom stereocenters. The van der Waals surface area contributed by atoms with E-state index in [-0.39, 0.29) is 6.10 Å². The molecule has 1 aromatic heterocycles. The third-order valence-corrected chi connectivity index (χ3v) is 4.17. The fourth-order valence-electron chi connectivity index (χ4n) is 2.25. The minimum absolute atomic E-state index is 0.223. The van der Waals surface area contributed by atoms with Crippen molar-refractivity contribution < 1.29 is 5.11 Å². The summed E-state index contributed by atoms with van der Waals surface area (Å²) in [6.45, 7) is 3.31. The van der Waals surface area contributed by atoms with Crippen LogP contribution in [-0.2, 0) is 13.0 Å². The van der Waals surface area contributed by atoms with Crippen molar-refractivity contribution in [3.8, 4) is 0 Å². The predicted octanol–water partition coefficient (Wildman–Crippen LogP) is 2.61. The van der Waals surface area contributed by atoms with Gasteiger partial charge in [-0.15, -0.1) is 0 Å². The monoisotopic (exact) mass is 225 g/mol. The lowest BCUT2D eigenvalue weighted by Crippen LogP contribution is -2.15. The van der Waals surface area contributed by atoms with E-state index in [1.807, 2.05) is 11.8 Å². The molecule has 1 heterocycles. The molecule has 0 amide bonds. The smallest absolute Gasteiger partial charge is 0.0807 e. The first kappa shape index (κ1) is 11.1. The van der Waals surface area contributed by atoms with Gasteiger partial charge in [0, 0.05) is 29.2 Å². The second-order valence-corrected chi connectivity index (χ2v) is 5.60. The second-order valence-electron chi connectivity index (χ2n) is 4.32. The zero-order chi connectivity index (χ0) is 10.8. The van der Waals surface area contributed by atoms with Crippen molar-refractivity contribution in [3.05, 3.63) is 23.5 Å². The summed E-state index contributed by atoms with van der Waals surface area (Å²) < 4.78 is 2.32. The first-order valence-electron chi connectivity index (χ1n) is 5.61. The molecule has 1 aliphatic carbocycles. The Balaban J connectivity index is 2.19. The molecule has 2 atom stereocenters. The minimum atomic E-state index is -0.223. The molecule has 1 aromatic rings. The number of thioether (sulfide) groups is 1. The van der Waals surface area contributed by atoms with E-state index in [1.165, 1.54) is 5.69 Å². The van der Waals surface area contributed by atoms with Crippen LogP contribution in [0.4, 0.5) is 0 Å². The van der Waals surface area contributed by atoms with Crippen molar-refractivity contribution in [1.29, 1.82) is 0 Å². The van der Waals surface area contributed by atoms with Crippen LogP contribution in [0.1, 0.15) is 37.1 Å². The number of hydrogen-bond acceptors (Lipinski definition) is 2. The SMILES string of the molecule is CSC(C)Cn1ccc2c1CCCC2O. The van der Waals surface area contributed by atoms with Gasteiger partial charge < -0.3 is 9.67 Å². The van der Waals surface area contributed by atoms with Gasteiger partial charge >= 0.3 is 0 Å². The highest BCUT2D eigenvalue weighted by Crippen LogP contribution is 2.30. The maximum atomic E-state index is 9.85. The van der Waals surface area contributed by atoms with E-state index >= 15 is 0 Å². The molecule has 15 heavy (non-hydrogen) atoms. The lowest BCUT2D eigenvalue weighted by molar-refractivity contribution is 0.155. The van der Waals surface area contributed by atoms with Crippen LogP contribution in [0.5, 0.6) is 0 Å². The van der Waals surface area contributed by atoms with E-state index in [1.54, 1.807) is 0 Å². The molecule has 84 valence electrons. The molecule has 2 nitrogen and oxygen atoms in total. The van der Waals surface area contributed by atoms with Gasteiger partial charge in [-0.05, 0) is 31.6 Å². The Morgan fingerprint density at radius 3 is 3.20 bits per heavy atom. The van der Waals surface area contributed by atoms with Gasteiger partial charge in [-0.3, -0.25) is 0 Å². The summed E-state index contributed by atoms with van der Waals surface area (Å²) in [6.07, 6.45) is 7.22. The number of rotatable bonds is 3. The van der Waals surface area contributed by atoms with Crippen molar-refractivity contribution in [2.24, 2.45) is 0 Å². The van der Waals surface area contributed by atoms with Gasteiger partial charge in [-0.2, -0.15) is 11.8 Å². The summed E-state index contributed by atoms with van der Waals surface area (Å²) in [4.78, 5) is 0. The first-order chi connectivity index (χ1) is 7.22. The van der Waals surface area contributed by atoms with Crippen LogP contribution in [0, 0.1) is 0 Å². The third-order valence-electron chi connectivity index (χ3n) is 3.22. The molecule has 0 aliphatic heterocycles. The van der Waals surface area contributed by atoms with E-state index in [9.17, 15) is 5.11 Å². The number of aliphatic hydroxyl groups is 1. The largest absolute Gasteiger partial charge is 0.388 e. The quantitative estimate of drug-likeness (QED) is 0.855. The van der Waals surface area contributed by atoms with Gasteiger partial charge in [-0.25, -0.2) is 0 Å². The maximum Gasteiger partial charge on any atom is 0.0807 e. The minimum Gasteiger partial charge on any atom is -0.388 e. The van der Waals surface area contributed by atoms with E-state index in [2.05, 4.69) is 30.0 Å². The molecule has 1 aliphatic rings. The number of fused-ring (bicyclic) bond motifs is 1. The highest BCUT2D eigenvalue weighted by atomic mass is 32.2. The number of nitrogens with zero attached hydrogens (tertiary/aromatic N) is 1. The molecule has 3 heteroatoms. The van der Waals surface area contributed by atoms with Gasteiger partial charge in [0.15, 0.2) is 0 Å². The Kier molecular flexibility index (Phi) is 3.42. The standard InChI is InChI=1S/C12H19NOS/c1-9(15-2)8-13-7-6-10-11(13)4-3-5-12(10)14/h6-7,9,12,14H,3-5,8H2,1-2H3. The molecule has 0 bridgehead atoms. The predicted molar refractivity (Wildman–Crippen MR) is 65.3 cm³/mol. The Morgan fingerprint density at radius 2 is 2.47 bits per heavy atom.